The van der Waals surface area contributed by atoms with E-state index < -0.39 is 0 Å². The number of carbonyl (C=O) groups is 1. The normalized spacial score (nSPS) is 15.2. The first-order chi connectivity index (χ1) is 18.4. The van der Waals surface area contributed by atoms with Crippen LogP contribution in [0.25, 0.3) is 11.3 Å². The van der Waals surface area contributed by atoms with E-state index in [-0.39, 0.29) is 5.91 Å². The number of amidine groups is 1. The zero-order valence-electron chi connectivity index (χ0n) is 21.4. The van der Waals surface area contributed by atoms with Crippen LogP contribution in [0.5, 0.6) is 11.5 Å². The van der Waals surface area contributed by atoms with Gasteiger partial charge in [-0.1, -0.05) is 30.1 Å². The molecule has 2 aromatic heterocycles. The van der Waals surface area contributed by atoms with Gasteiger partial charge in [-0.3, -0.25) is 9.79 Å². The van der Waals surface area contributed by atoms with Crippen molar-refractivity contribution in [2.75, 3.05) is 51.8 Å². The average molecular weight is 555 g/mol. The van der Waals surface area contributed by atoms with Crippen molar-refractivity contribution in [1.82, 2.24) is 20.2 Å². The fraction of sp³-hybridized carbons (Fsp3) is 0.333. The van der Waals surface area contributed by atoms with Crippen molar-refractivity contribution in [3.8, 4) is 22.8 Å². The van der Waals surface area contributed by atoms with Crippen LogP contribution in [0.15, 0.2) is 41.5 Å². The van der Waals surface area contributed by atoms with Gasteiger partial charge in [-0.25, -0.2) is 9.97 Å². The number of hydrogen-bond donors (Lipinski definition) is 1. The van der Waals surface area contributed by atoms with E-state index in [2.05, 4.69) is 32.0 Å². The maximum Gasteiger partial charge on any atom is 0.258 e. The monoisotopic (exact) mass is 554 g/mol. The molecule has 0 saturated carbocycles. The molecule has 2 aliphatic rings. The predicted octanol–water partition coefficient (Wildman–Crippen LogP) is 4.30. The predicted molar refractivity (Wildman–Crippen MR) is 149 cm³/mol. The Balaban J connectivity index is 1.31. The number of halogens is 2. The maximum absolute atomic E-state index is 13.0. The molecular weight excluding hydrogens is 527 g/mol. The van der Waals surface area contributed by atoms with Gasteiger partial charge in [0.15, 0.2) is 0 Å². The average Bonchev–Trinajstić information content (AvgIpc) is 3.35. The van der Waals surface area contributed by atoms with E-state index in [0.29, 0.717) is 56.4 Å². The summed E-state index contributed by atoms with van der Waals surface area (Å²) >= 11 is 13.1. The number of amides is 1. The van der Waals surface area contributed by atoms with Gasteiger partial charge in [0.25, 0.3) is 5.91 Å². The number of piperazine rings is 1. The molecule has 9 nitrogen and oxygen atoms in total. The first-order valence-electron chi connectivity index (χ1n) is 12.3. The molecule has 0 aliphatic carbocycles. The molecule has 11 heteroatoms. The number of nitrogens with one attached hydrogen (secondary N) is 1. The first-order valence-corrected chi connectivity index (χ1v) is 13.1. The van der Waals surface area contributed by atoms with Crippen molar-refractivity contribution in [1.29, 1.82) is 0 Å². The molecule has 0 atom stereocenters. The number of fused-ring (bicyclic) bond motifs is 1. The zero-order chi connectivity index (χ0) is 26.8. The van der Waals surface area contributed by atoms with E-state index in [1.165, 1.54) is 14.2 Å². The summed E-state index contributed by atoms with van der Waals surface area (Å²) in [5.41, 5.74) is 2.96. The second kappa shape index (κ2) is 11.1. The summed E-state index contributed by atoms with van der Waals surface area (Å²) < 4.78 is 10.7. The molecule has 0 bridgehead atoms. The third-order valence-corrected chi connectivity index (χ3v) is 7.58. The number of rotatable bonds is 6. The van der Waals surface area contributed by atoms with Gasteiger partial charge in [-0.15, -0.1) is 0 Å². The molecule has 1 fully saturated rings. The van der Waals surface area contributed by atoms with Crippen molar-refractivity contribution >= 4 is 40.8 Å². The zero-order valence-corrected chi connectivity index (χ0v) is 22.9. The number of anilines is 1. The van der Waals surface area contributed by atoms with E-state index in [0.717, 1.165) is 44.1 Å². The van der Waals surface area contributed by atoms with Gasteiger partial charge in [0.05, 0.1) is 47.8 Å². The van der Waals surface area contributed by atoms with E-state index in [4.69, 9.17) is 37.7 Å². The van der Waals surface area contributed by atoms with Crippen LogP contribution in [0.1, 0.15) is 28.5 Å². The highest BCUT2D eigenvalue weighted by molar-refractivity contribution is 6.41. The molecule has 1 N–H and O–H groups in total. The fourth-order valence-corrected chi connectivity index (χ4v) is 5.31. The summed E-state index contributed by atoms with van der Waals surface area (Å²) in [5.74, 6) is 1.92. The number of carbonyl (C=O) groups excluding carboxylic acids is 1. The van der Waals surface area contributed by atoms with Crippen molar-refractivity contribution in [3.05, 3.63) is 63.4 Å². The summed E-state index contributed by atoms with van der Waals surface area (Å²) in [5, 5.41) is 3.57. The minimum Gasteiger partial charge on any atom is -0.495 e. The molecule has 4 heterocycles. The van der Waals surface area contributed by atoms with Crippen LogP contribution in [0.4, 0.5) is 5.82 Å². The van der Waals surface area contributed by atoms with Crippen LogP contribution in [-0.2, 0) is 6.54 Å². The molecule has 1 aromatic carbocycles. The van der Waals surface area contributed by atoms with Gasteiger partial charge in [-0.2, -0.15) is 0 Å². The number of hydrogen-bond acceptors (Lipinski definition) is 8. The maximum atomic E-state index is 13.0. The van der Waals surface area contributed by atoms with Crippen molar-refractivity contribution in [3.63, 3.8) is 0 Å². The number of aliphatic imine (C=N–C) groups is 1. The minimum absolute atomic E-state index is 0.279. The van der Waals surface area contributed by atoms with Gasteiger partial charge < -0.3 is 24.6 Å². The van der Waals surface area contributed by atoms with Gasteiger partial charge >= 0.3 is 0 Å². The SMILES string of the molecule is CCN1CCN(c2ccc(C(=O)NC3=NCc4nc(-c5c(Cl)c(OC)cc(OC)c5Cl)ccc43)cn2)CC1. The smallest absolute Gasteiger partial charge is 0.258 e. The van der Waals surface area contributed by atoms with Gasteiger partial charge in [0.1, 0.15) is 23.2 Å². The van der Waals surface area contributed by atoms with Crippen molar-refractivity contribution in [2.45, 2.75) is 13.5 Å². The Hall–Kier alpha value is -3.40. The lowest BCUT2D eigenvalue weighted by Crippen LogP contribution is -2.46. The Bertz CT molecular complexity index is 1360. The third-order valence-electron chi connectivity index (χ3n) is 6.83. The number of likely N-dealkylation sites (N-methyl/N-ethyl adjacent to an activating group) is 1. The lowest BCUT2D eigenvalue weighted by molar-refractivity contribution is 0.0977. The molecular formula is C27H28Cl2N6O3. The fourth-order valence-electron chi connectivity index (χ4n) is 4.61. The molecule has 198 valence electrons. The minimum atomic E-state index is -0.279. The van der Waals surface area contributed by atoms with Crippen molar-refractivity contribution in [2.24, 2.45) is 4.99 Å². The van der Waals surface area contributed by atoms with Gasteiger partial charge in [0.2, 0.25) is 0 Å². The van der Waals surface area contributed by atoms with Crippen LogP contribution >= 0.6 is 23.2 Å². The Kier molecular flexibility index (Phi) is 7.69. The highest BCUT2D eigenvalue weighted by Crippen LogP contribution is 2.45. The van der Waals surface area contributed by atoms with E-state index in [1.807, 2.05) is 12.1 Å². The van der Waals surface area contributed by atoms with Crippen molar-refractivity contribution < 1.29 is 14.3 Å². The summed E-state index contributed by atoms with van der Waals surface area (Å²) in [6, 6.07) is 8.95. The topological polar surface area (TPSA) is 92.2 Å². The Morgan fingerprint density at radius 2 is 1.74 bits per heavy atom. The summed E-state index contributed by atoms with van der Waals surface area (Å²) in [6.07, 6.45) is 1.61. The van der Waals surface area contributed by atoms with Crippen LogP contribution < -0.4 is 19.7 Å². The molecule has 1 saturated heterocycles. The third kappa shape index (κ3) is 5.01. The van der Waals surface area contributed by atoms with Crippen LogP contribution in [0, 0.1) is 0 Å². The summed E-state index contributed by atoms with van der Waals surface area (Å²) in [7, 11) is 3.04. The highest BCUT2D eigenvalue weighted by atomic mass is 35.5. The van der Waals surface area contributed by atoms with Gasteiger partial charge in [0, 0.05) is 49.6 Å². The Morgan fingerprint density at radius 1 is 1.03 bits per heavy atom. The second-order valence-corrected chi connectivity index (χ2v) is 9.68. The molecule has 3 aromatic rings. The molecule has 0 spiro atoms. The summed E-state index contributed by atoms with van der Waals surface area (Å²) in [4.78, 5) is 31.4. The molecule has 0 radical (unpaired) electrons. The largest absolute Gasteiger partial charge is 0.495 e. The Labute approximate surface area is 231 Å². The lowest BCUT2D eigenvalue weighted by atomic mass is 10.1. The Morgan fingerprint density at radius 3 is 2.34 bits per heavy atom. The number of methoxy groups -OCH3 is 2. The standard InChI is InChI=1S/C27H28Cl2N6O3/c1-4-34-9-11-35(12-10-34)22-8-5-16(14-30-22)27(36)33-26-17-6-7-18(32-19(17)15-31-26)23-24(28)20(37-2)13-21(38-3)25(23)29/h5-8,13-14H,4,9-12,15H2,1-3H3,(H,31,33,36). The molecule has 0 unspecified atom stereocenters. The van der Waals surface area contributed by atoms with Crippen LogP contribution in [-0.4, -0.2) is 73.6 Å². The number of benzene rings is 1. The van der Waals surface area contributed by atoms with Crippen LogP contribution in [0.3, 0.4) is 0 Å². The highest BCUT2D eigenvalue weighted by Gasteiger charge is 2.24. The number of pyridine rings is 2. The van der Waals surface area contributed by atoms with E-state index >= 15 is 0 Å². The first kappa shape index (κ1) is 26.2. The quantitative estimate of drug-likeness (QED) is 0.485. The molecule has 5 rings (SSSR count). The van der Waals surface area contributed by atoms with E-state index in [1.54, 1.807) is 24.4 Å². The second-order valence-electron chi connectivity index (χ2n) is 8.92. The van der Waals surface area contributed by atoms with E-state index in [9.17, 15) is 4.79 Å². The molecule has 1 amide bonds. The number of ether oxygens (including phenoxy) is 2. The lowest BCUT2D eigenvalue weighted by Gasteiger charge is -2.34. The molecule has 38 heavy (non-hydrogen) atoms. The molecule has 2 aliphatic heterocycles. The van der Waals surface area contributed by atoms with Gasteiger partial charge in [-0.05, 0) is 30.8 Å². The number of nitrogens with zero attached hydrogens (tertiary/aromatic N) is 5. The van der Waals surface area contributed by atoms with Crippen LogP contribution in [0.2, 0.25) is 10.0 Å². The summed E-state index contributed by atoms with van der Waals surface area (Å²) in [6.45, 7) is 7.42. The number of aromatic nitrogens is 2.